The molecule has 0 N–H and O–H groups in total. The summed E-state index contributed by atoms with van der Waals surface area (Å²) in [6.45, 7) is 3.69. The smallest absolute Gasteiger partial charge is 0.263 e. The largest absolute Gasteiger partial charge is 0.494 e. The molecule has 2 heterocycles. The van der Waals surface area contributed by atoms with Crippen molar-refractivity contribution in [3.05, 3.63) is 63.9 Å². The highest BCUT2D eigenvalue weighted by molar-refractivity contribution is 5.81. The number of piperidine rings is 1. The molecule has 8 heteroatoms. The molecule has 0 saturated carbocycles. The number of aromatic nitrogens is 2. The molecule has 33 heavy (non-hydrogen) atoms. The van der Waals surface area contributed by atoms with E-state index in [0.717, 1.165) is 25.9 Å². The number of halogens is 2. The van der Waals surface area contributed by atoms with Crippen LogP contribution in [0.5, 0.6) is 5.75 Å². The quantitative estimate of drug-likeness (QED) is 0.585. The average Bonchev–Trinajstić information content (AvgIpc) is 2.81. The van der Waals surface area contributed by atoms with Crippen molar-refractivity contribution in [1.82, 2.24) is 9.55 Å². The van der Waals surface area contributed by atoms with Gasteiger partial charge >= 0.3 is 0 Å². The van der Waals surface area contributed by atoms with E-state index >= 15 is 0 Å². The molecule has 1 fully saturated rings. The predicted molar refractivity (Wildman–Crippen MR) is 122 cm³/mol. The van der Waals surface area contributed by atoms with Crippen LogP contribution in [0.1, 0.15) is 25.3 Å². The molecule has 170 valence electrons. The molecule has 0 aliphatic carbocycles. The van der Waals surface area contributed by atoms with Crippen molar-refractivity contribution in [3.8, 4) is 34.2 Å². The van der Waals surface area contributed by atoms with Crippen LogP contribution in [0, 0.1) is 28.9 Å². The molecule has 0 unspecified atom stereocenters. The molecular formula is C25H24F2N4O2. The Hall–Kier alpha value is -3.73. The van der Waals surface area contributed by atoms with Crippen molar-refractivity contribution in [2.24, 2.45) is 13.0 Å². The van der Waals surface area contributed by atoms with E-state index in [0.29, 0.717) is 23.0 Å². The second-order valence-electron chi connectivity index (χ2n) is 8.32. The van der Waals surface area contributed by atoms with E-state index in [2.05, 4.69) is 6.92 Å². The fraction of sp³-hybridized carbons (Fsp3) is 0.320. The molecule has 0 spiro atoms. The first-order chi connectivity index (χ1) is 15.8. The minimum absolute atomic E-state index is 0.0496. The molecular weight excluding hydrogens is 426 g/mol. The molecule has 1 aliphatic rings. The van der Waals surface area contributed by atoms with Crippen molar-refractivity contribution in [2.45, 2.75) is 19.8 Å². The van der Waals surface area contributed by atoms with Gasteiger partial charge in [0.25, 0.3) is 5.56 Å². The van der Waals surface area contributed by atoms with Gasteiger partial charge in [0.1, 0.15) is 11.9 Å². The lowest BCUT2D eigenvalue weighted by Gasteiger charge is -2.32. The predicted octanol–water partition coefficient (Wildman–Crippen LogP) is 4.51. The van der Waals surface area contributed by atoms with Gasteiger partial charge in [0.2, 0.25) is 5.95 Å². The average molecular weight is 450 g/mol. The van der Waals surface area contributed by atoms with Crippen LogP contribution in [0.4, 0.5) is 14.7 Å². The van der Waals surface area contributed by atoms with E-state index in [1.807, 2.05) is 4.90 Å². The maximum atomic E-state index is 14.5. The summed E-state index contributed by atoms with van der Waals surface area (Å²) in [7, 11) is 2.99. The van der Waals surface area contributed by atoms with Crippen LogP contribution in [-0.2, 0) is 7.05 Å². The van der Waals surface area contributed by atoms with Gasteiger partial charge in [0.05, 0.1) is 23.9 Å². The van der Waals surface area contributed by atoms with Crippen LogP contribution < -0.4 is 15.2 Å². The number of hydrogen-bond donors (Lipinski definition) is 0. The van der Waals surface area contributed by atoms with Gasteiger partial charge in [-0.15, -0.1) is 0 Å². The summed E-state index contributed by atoms with van der Waals surface area (Å²) in [5, 5.41) is 9.09. The van der Waals surface area contributed by atoms with Gasteiger partial charge in [-0.1, -0.05) is 19.1 Å². The molecule has 4 rings (SSSR count). The van der Waals surface area contributed by atoms with Crippen LogP contribution in [0.15, 0.2) is 41.2 Å². The summed E-state index contributed by atoms with van der Waals surface area (Å²) in [4.78, 5) is 20.4. The Balaban J connectivity index is 1.96. The molecule has 1 saturated heterocycles. The molecule has 6 nitrogen and oxygen atoms in total. The highest BCUT2D eigenvalue weighted by atomic mass is 19.1. The van der Waals surface area contributed by atoms with Crippen molar-refractivity contribution >= 4 is 5.95 Å². The topological polar surface area (TPSA) is 71.2 Å². The molecule has 0 radical (unpaired) electrons. The number of ether oxygens (including phenoxy) is 1. The number of nitrogens with zero attached hydrogens (tertiary/aromatic N) is 4. The molecule has 0 bridgehead atoms. The van der Waals surface area contributed by atoms with Crippen LogP contribution in [0.3, 0.4) is 0 Å². The van der Waals surface area contributed by atoms with Gasteiger partial charge in [0.15, 0.2) is 11.6 Å². The fourth-order valence-corrected chi connectivity index (χ4v) is 4.13. The third-order valence-electron chi connectivity index (χ3n) is 6.14. The second kappa shape index (κ2) is 9.02. The first kappa shape index (κ1) is 22.5. The van der Waals surface area contributed by atoms with E-state index in [1.54, 1.807) is 25.2 Å². The normalized spacial score (nSPS) is 14.2. The first-order valence-corrected chi connectivity index (χ1v) is 10.7. The van der Waals surface area contributed by atoms with Crippen LogP contribution in [0.2, 0.25) is 0 Å². The third kappa shape index (κ3) is 4.19. The highest BCUT2D eigenvalue weighted by Gasteiger charge is 2.25. The van der Waals surface area contributed by atoms with E-state index in [1.165, 1.54) is 35.9 Å². The Morgan fingerprint density at radius 2 is 1.76 bits per heavy atom. The summed E-state index contributed by atoms with van der Waals surface area (Å²) >= 11 is 0. The van der Waals surface area contributed by atoms with Gasteiger partial charge < -0.3 is 9.64 Å². The zero-order chi connectivity index (χ0) is 23.7. The van der Waals surface area contributed by atoms with Gasteiger partial charge in [-0.25, -0.2) is 13.8 Å². The summed E-state index contributed by atoms with van der Waals surface area (Å²) < 4.78 is 35.5. The number of hydrogen-bond acceptors (Lipinski definition) is 5. The summed E-state index contributed by atoms with van der Waals surface area (Å²) in [6, 6.07) is 10.1. The van der Waals surface area contributed by atoms with Crippen LogP contribution >= 0.6 is 0 Å². The lowest BCUT2D eigenvalue weighted by molar-refractivity contribution is 0.386. The molecule has 0 amide bonds. The number of anilines is 1. The molecule has 0 atom stereocenters. The molecule has 2 aromatic carbocycles. The van der Waals surface area contributed by atoms with Gasteiger partial charge in [-0.05, 0) is 48.6 Å². The van der Waals surface area contributed by atoms with E-state index < -0.39 is 11.6 Å². The van der Waals surface area contributed by atoms with Crippen LogP contribution in [-0.4, -0.2) is 29.8 Å². The molecule has 1 aliphatic heterocycles. The maximum absolute atomic E-state index is 14.5. The number of rotatable bonds is 4. The Morgan fingerprint density at radius 1 is 1.09 bits per heavy atom. The minimum atomic E-state index is -0.710. The van der Waals surface area contributed by atoms with E-state index in [-0.39, 0.29) is 28.1 Å². The van der Waals surface area contributed by atoms with E-state index in [4.69, 9.17) is 15.0 Å². The highest BCUT2D eigenvalue weighted by Crippen LogP contribution is 2.33. The van der Waals surface area contributed by atoms with Gasteiger partial charge in [-0.3, -0.25) is 9.36 Å². The Bertz CT molecular complexity index is 1300. The van der Waals surface area contributed by atoms with E-state index in [9.17, 15) is 13.6 Å². The lowest BCUT2D eigenvalue weighted by Crippen LogP contribution is -2.38. The SMILES string of the molecule is COc1ccc(-c2c(-c3ccc(C#N)c(F)c3)nc(N3CCC(C)CC3)n(C)c2=O)cc1F. The summed E-state index contributed by atoms with van der Waals surface area (Å²) in [6.07, 6.45) is 1.95. The van der Waals surface area contributed by atoms with Gasteiger partial charge in [-0.2, -0.15) is 5.26 Å². The monoisotopic (exact) mass is 450 g/mol. The number of benzene rings is 2. The van der Waals surface area contributed by atoms with Crippen molar-refractivity contribution in [1.29, 1.82) is 5.26 Å². The zero-order valence-electron chi connectivity index (χ0n) is 18.7. The number of nitriles is 1. The second-order valence-corrected chi connectivity index (χ2v) is 8.32. The van der Waals surface area contributed by atoms with Crippen LogP contribution in [0.25, 0.3) is 22.4 Å². The zero-order valence-corrected chi connectivity index (χ0v) is 18.7. The van der Waals surface area contributed by atoms with Crippen molar-refractivity contribution < 1.29 is 13.5 Å². The number of methoxy groups -OCH3 is 1. The standard InChI is InChI=1S/C25H24F2N4O2/c1-15-8-10-31(11-9-15)25-29-23(17-4-5-18(14-28)19(26)13-17)22(24(32)30(25)2)16-6-7-21(33-3)20(27)12-16/h4-7,12-13,15H,8-11H2,1-3H3. The lowest BCUT2D eigenvalue weighted by atomic mass is 9.98. The Kier molecular flexibility index (Phi) is 6.14. The Labute approximate surface area is 190 Å². The molecule has 3 aromatic rings. The third-order valence-corrected chi connectivity index (χ3v) is 6.14. The first-order valence-electron chi connectivity index (χ1n) is 10.7. The van der Waals surface area contributed by atoms with Crippen molar-refractivity contribution in [3.63, 3.8) is 0 Å². The maximum Gasteiger partial charge on any atom is 0.263 e. The summed E-state index contributed by atoms with van der Waals surface area (Å²) in [5.74, 6) is -0.217. The molecule has 1 aromatic heterocycles. The fourth-order valence-electron chi connectivity index (χ4n) is 4.13. The minimum Gasteiger partial charge on any atom is -0.494 e. The van der Waals surface area contributed by atoms with Crippen molar-refractivity contribution in [2.75, 3.05) is 25.1 Å². The van der Waals surface area contributed by atoms with Gasteiger partial charge in [0, 0.05) is 25.7 Å². The summed E-state index contributed by atoms with van der Waals surface area (Å²) in [5.41, 5.74) is 0.548. The Morgan fingerprint density at radius 3 is 2.36 bits per heavy atom.